The predicted molar refractivity (Wildman–Crippen MR) is 16.4 cm³/mol. The molecule has 3 nitrogen and oxygen atoms in total. The van der Waals surface area contributed by atoms with Gasteiger partial charge in [0.1, 0.15) is 0 Å². The maximum absolute atomic E-state index is 0. The average molecular weight is 200 g/mol. The Morgan fingerprint density at radius 3 is 0.429 bits per heavy atom. The van der Waals surface area contributed by atoms with Crippen LogP contribution < -0.4 is 0 Å². The molecule has 0 spiro atoms. The molecule has 7 heavy (non-hydrogen) atoms. The molecule has 0 atom stereocenters. The second-order valence-corrected chi connectivity index (χ2v) is 0. The van der Waals surface area contributed by atoms with Crippen molar-refractivity contribution in [1.82, 2.24) is 0 Å². The van der Waals surface area contributed by atoms with E-state index in [0.717, 1.165) is 0 Å². The first-order valence-corrected chi connectivity index (χ1v) is 0. The molecule has 34 valence electrons. The van der Waals surface area contributed by atoms with Gasteiger partial charge in [0.2, 0.25) is 0 Å². The zero-order valence-corrected chi connectivity index (χ0v) is 4.59. The van der Waals surface area contributed by atoms with E-state index in [0.29, 0.717) is 0 Å². The summed E-state index contributed by atoms with van der Waals surface area (Å²) < 4.78 is 0. The smallest absolute Gasteiger partial charge is 2.00 e. The summed E-state index contributed by atoms with van der Waals surface area (Å²) in [7, 11) is 0. The third kappa shape index (κ3) is 49.7. The molecule has 0 aromatic rings. The van der Waals surface area contributed by atoms with E-state index in [1.54, 1.807) is 0 Å². The summed E-state index contributed by atoms with van der Waals surface area (Å²) in [5.41, 5.74) is 0. The first kappa shape index (κ1) is 91.7. The molecule has 0 saturated carbocycles. The van der Waals surface area contributed by atoms with Crippen molar-refractivity contribution in [3.05, 3.63) is 0 Å². The Morgan fingerprint density at radius 1 is 0.429 bits per heavy atom. The first-order valence-electron chi connectivity index (χ1n) is 0. The van der Waals surface area contributed by atoms with Crippen molar-refractivity contribution in [1.29, 1.82) is 0 Å². The molecular formula is H2Cr2Na2O3. The van der Waals surface area contributed by atoms with Gasteiger partial charge >= 0.3 is 93.8 Å². The van der Waals surface area contributed by atoms with Crippen LogP contribution in [0.2, 0.25) is 0 Å². The van der Waals surface area contributed by atoms with Crippen LogP contribution in [-0.4, -0.2) is 59.1 Å². The summed E-state index contributed by atoms with van der Waals surface area (Å²) in [6, 6.07) is 0. The van der Waals surface area contributed by atoms with Crippen molar-refractivity contribution in [3.8, 4) is 0 Å². The minimum Gasteiger partial charge on any atom is -2.00 e. The summed E-state index contributed by atoms with van der Waals surface area (Å²) in [5.74, 6) is 0. The molecule has 0 saturated heterocycles. The van der Waals surface area contributed by atoms with Crippen LogP contribution in [0, 0.1) is 0 Å². The van der Waals surface area contributed by atoms with E-state index in [1.165, 1.54) is 0 Å². The van der Waals surface area contributed by atoms with E-state index in [-0.39, 0.29) is 110 Å². The van der Waals surface area contributed by atoms with Gasteiger partial charge in [0.05, 0.1) is 0 Å². The summed E-state index contributed by atoms with van der Waals surface area (Å²) in [4.78, 5) is 0. The van der Waals surface area contributed by atoms with Gasteiger partial charge in [-0.3, -0.25) is 0 Å². The van der Waals surface area contributed by atoms with Crippen molar-refractivity contribution >= 4 is 59.1 Å². The van der Waals surface area contributed by atoms with Gasteiger partial charge in [-0.15, -0.1) is 0 Å². The Balaban J connectivity index is 0. The van der Waals surface area contributed by atoms with Gasteiger partial charge < -0.3 is 16.4 Å². The summed E-state index contributed by atoms with van der Waals surface area (Å²) in [5, 5.41) is 0. The van der Waals surface area contributed by atoms with Gasteiger partial charge in [-0.1, -0.05) is 0 Å². The molecule has 0 rings (SSSR count). The third-order valence-corrected chi connectivity index (χ3v) is 0. The van der Waals surface area contributed by atoms with E-state index in [1.807, 2.05) is 0 Å². The molecule has 0 aliphatic heterocycles. The van der Waals surface area contributed by atoms with Crippen LogP contribution in [0.3, 0.4) is 0 Å². The largest absolute Gasteiger partial charge is 2.00 e. The molecule has 2 radical (unpaired) electrons. The van der Waals surface area contributed by atoms with Gasteiger partial charge in [0, 0.05) is 0 Å². The Hall–Kier alpha value is 2.94. The Morgan fingerprint density at radius 2 is 0.429 bits per heavy atom. The fraction of sp³-hybridized carbons (Fsp3) is 0. The molecule has 0 amide bonds. The van der Waals surface area contributed by atoms with E-state index in [9.17, 15) is 0 Å². The molecule has 0 aliphatic rings. The van der Waals surface area contributed by atoms with Crippen LogP contribution >= 0.6 is 0 Å². The van der Waals surface area contributed by atoms with Crippen LogP contribution in [0.15, 0.2) is 0 Å². The number of hydrogen-bond donors (Lipinski definition) is 0. The minimum absolute atomic E-state index is 0. The molecule has 0 unspecified atom stereocenters. The van der Waals surface area contributed by atoms with Gasteiger partial charge in [-0.2, -0.15) is 0 Å². The molecule has 0 aromatic carbocycles. The molecule has 0 aromatic heterocycles. The van der Waals surface area contributed by atoms with E-state index in [4.69, 9.17) is 0 Å². The fourth-order valence-electron chi connectivity index (χ4n) is 0. The zero-order valence-electron chi connectivity index (χ0n) is 2.04. The van der Waals surface area contributed by atoms with Gasteiger partial charge in [0.25, 0.3) is 0 Å². The van der Waals surface area contributed by atoms with E-state index in [2.05, 4.69) is 0 Å². The Kier molecular flexibility index (Phi) is 853. The van der Waals surface area contributed by atoms with E-state index >= 15 is 0 Å². The monoisotopic (exact) mass is 200 g/mol. The predicted octanol–water partition coefficient (Wildman–Crippen LogP) is -1.66. The number of rotatable bonds is 0. The molecule has 0 fully saturated rings. The summed E-state index contributed by atoms with van der Waals surface area (Å²) in [6.45, 7) is 0. The van der Waals surface area contributed by atoms with Gasteiger partial charge in [-0.25, -0.2) is 0 Å². The first-order chi connectivity index (χ1) is 0. The molecule has 7 heteroatoms. The SMILES string of the molecule is [Cr+3].[Cr+3].[NaH].[NaH].[O-2].[O-2].[O-2]. The van der Waals surface area contributed by atoms with Crippen molar-refractivity contribution in [2.24, 2.45) is 0 Å². The second kappa shape index (κ2) is 65.1. The quantitative estimate of drug-likeness (QED) is 0.419. The van der Waals surface area contributed by atoms with Gasteiger partial charge in [-0.05, 0) is 0 Å². The van der Waals surface area contributed by atoms with Crippen LogP contribution in [0.5, 0.6) is 0 Å². The Labute approximate surface area is 108 Å². The van der Waals surface area contributed by atoms with Crippen molar-refractivity contribution < 1.29 is 51.2 Å². The molecule has 0 N–H and O–H groups in total. The summed E-state index contributed by atoms with van der Waals surface area (Å²) in [6.07, 6.45) is 0. The van der Waals surface area contributed by atoms with E-state index < -0.39 is 0 Å². The normalized spacial score (nSPS) is 0. The van der Waals surface area contributed by atoms with Crippen LogP contribution in [0.4, 0.5) is 0 Å². The van der Waals surface area contributed by atoms with Crippen LogP contribution in [0.1, 0.15) is 0 Å². The zero-order chi connectivity index (χ0) is 0. The standard InChI is InChI=1S/2Cr.2Na.3O.2H/q2*+3;;;3*-2;;. The minimum atomic E-state index is 0. The number of hydrogen-bond acceptors (Lipinski definition) is 0. The van der Waals surface area contributed by atoms with Crippen molar-refractivity contribution in [2.45, 2.75) is 0 Å². The molecule has 0 bridgehead atoms. The second-order valence-electron chi connectivity index (χ2n) is 0. The van der Waals surface area contributed by atoms with Crippen molar-refractivity contribution in [2.75, 3.05) is 0 Å². The fourth-order valence-corrected chi connectivity index (χ4v) is 0. The van der Waals surface area contributed by atoms with Crippen molar-refractivity contribution in [3.63, 3.8) is 0 Å². The maximum atomic E-state index is 0. The third-order valence-electron chi connectivity index (χ3n) is 0. The molecular weight excluding hydrogens is 198 g/mol. The molecule has 0 aliphatic carbocycles. The average Bonchev–Trinajstić information content (AvgIpc) is 0. The topological polar surface area (TPSA) is 85.5 Å². The van der Waals surface area contributed by atoms with Gasteiger partial charge in [0.15, 0.2) is 0 Å². The van der Waals surface area contributed by atoms with Crippen LogP contribution in [-0.2, 0) is 51.2 Å². The Bertz CT molecular complexity index is 10.9. The maximum Gasteiger partial charge on any atom is -2.00 e. The summed E-state index contributed by atoms with van der Waals surface area (Å²) >= 11 is 0. The molecule has 0 heterocycles. The van der Waals surface area contributed by atoms with Crippen LogP contribution in [0.25, 0.3) is 0 Å².